The van der Waals surface area contributed by atoms with Gasteiger partial charge in [-0.1, -0.05) is 24.6 Å². The first-order chi connectivity index (χ1) is 16.8. The number of hydrogen-bond acceptors (Lipinski definition) is 5. The Labute approximate surface area is 202 Å². The van der Waals surface area contributed by atoms with Crippen LogP contribution >= 0.6 is 0 Å². The molecule has 2 aliphatic rings. The maximum Gasteiger partial charge on any atom is 0.573 e. The zero-order valence-corrected chi connectivity index (χ0v) is 19.6. The second kappa shape index (κ2) is 11.0. The minimum absolute atomic E-state index is 0.161. The third-order valence-corrected chi connectivity index (χ3v) is 6.19. The molecule has 9 heteroatoms. The summed E-state index contributed by atoms with van der Waals surface area (Å²) >= 11 is 0. The molecular weight excluding hydrogens is 461 g/mol. The standard InChI is InChI=1S/C26H29F3N2O4/c1-33-23-17-20-11-14-31(21(20)18-24(23)34-16-15-30-12-5-2-6-13-30)25(32)10-9-19-7-3-4-8-22(19)35-26(27,28)29/h3-4,7-10,17-18H,2,5-6,11-16H2,1H3/b10-9+. The van der Waals surface area contributed by atoms with E-state index in [2.05, 4.69) is 9.64 Å². The summed E-state index contributed by atoms with van der Waals surface area (Å²) in [5.41, 5.74) is 1.83. The molecule has 1 fully saturated rings. The first-order valence-electron chi connectivity index (χ1n) is 11.7. The Morgan fingerprint density at radius 3 is 2.54 bits per heavy atom. The maximum atomic E-state index is 13.0. The average Bonchev–Trinajstić information content (AvgIpc) is 3.25. The number of para-hydroxylation sites is 1. The van der Waals surface area contributed by atoms with Crippen LogP contribution in [0.5, 0.6) is 17.2 Å². The van der Waals surface area contributed by atoms with Crippen LogP contribution in [0.3, 0.4) is 0 Å². The van der Waals surface area contributed by atoms with Crippen LogP contribution in [-0.2, 0) is 11.2 Å². The van der Waals surface area contributed by atoms with Gasteiger partial charge >= 0.3 is 6.36 Å². The molecule has 2 aromatic carbocycles. The smallest absolute Gasteiger partial charge is 0.493 e. The lowest BCUT2D eigenvalue weighted by atomic mass is 10.1. The number of rotatable bonds is 8. The van der Waals surface area contributed by atoms with E-state index in [1.165, 1.54) is 49.6 Å². The van der Waals surface area contributed by atoms with E-state index < -0.39 is 6.36 Å². The van der Waals surface area contributed by atoms with Gasteiger partial charge in [-0.05, 0) is 56.1 Å². The fourth-order valence-corrected chi connectivity index (χ4v) is 4.45. The van der Waals surface area contributed by atoms with Crippen LogP contribution in [0.25, 0.3) is 6.08 Å². The number of ether oxygens (including phenoxy) is 3. The van der Waals surface area contributed by atoms with Crippen molar-refractivity contribution in [1.82, 2.24) is 4.90 Å². The zero-order valence-electron chi connectivity index (χ0n) is 19.6. The largest absolute Gasteiger partial charge is 0.573 e. The van der Waals surface area contributed by atoms with E-state index in [1.54, 1.807) is 18.1 Å². The van der Waals surface area contributed by atoms with Gasteiger partial charge in [-0.15, -0.1) is 13.2 Å². The number of nitrogens with zero attached hydrogens (tertiary/aromatic N) is 2. The third-order valence-electron chi connectivity index (χ3n) is 6.19. The molecule has 2 heterocycles. The van der Waals surface area contributed by atoms with Gasteiger partial charge in [0.25, 0.3) is 5.91 Å². The van der Waals surface area contributed by atoms with Crippen molar-refractivity contribution >= 4 is 17.7 Å². The Kier molecular flexibility index (Phi) is 7.85. The molecule has 0 saturated carbocycles. The van der Waals surface area contributed by atoms with Crippen LogP contribution < -0.4 is 19.1 Å². The monoisotopic (exact) mass is 490 g/mol. The van der Waals surface area contributed by atoms with Gasteiger partial charge in [0.05, 0.1) is 12.8 Å². The summed E-state index contributed by atoms with van der Waals surface area (Å²) in [6, 6.07) is 9.39. The number of carbonyl (C=O) groups excluding carboxylic acids is 1. The van der Waals surface area contributed by atoms with E-state index in [0.29, 0.717) is 36.8 Å². The Bertz CT molecular complexity index is 1070. The fraction of sp³-hybridized carbons (Fsp3) is 0.423. The quantitative estimate of drug-likeness (QED) is 0.484. The maximum absolute atomic E-state index is 13.0. The summed E-state index contributed by atoms with van der Waals surface area (Å²) in [7, 11) is 1.58. The number of hydrogen-bond donors (Lipinski definition) is 0. The molecule has 0 spiro atoms. The number of alkyl halides is 3. The lowest BCUT2D eigenvalue weighted by molar-refractivity contribution is -0.274. The number of likely N-dealkylation sites (tertiary alicyclic amines) is 1. The van der Waals surface area contributed by atoms with Crippen molar-refractivity contribution in [3.63, 3.8) is 0 Å². The lowest BCUT2D eigenvalue weighted by Crippen LogP contribution is -2.33. The van der Waals surface area contributed by atoms with E-state index in [4.69, 9.17) is 9.47 Å². The highest BCUT2D eigenvalue weighted by Crippen LogP contribution is 2.39. The molecule has 35 heavy (non-hydrogen) atoms. The summed E-state index contributed by atoms with van der Waals surface area (Å²) in [6.07, 6.45) is 2.11. The summed E-state index contributed by atoms with van der Waals surface area (Å²) < 4.78 is 53.6. The van der Waals surface area contributed by atoms with Gasteiger partial charge in [-0.2, -0.15) is 0 Å². The van der Waals surface area contributed by atoms with Crippen LogP contribution in [0.1, 0.15) is 30.4 Å². The Morgan fingerprint density at radius 1 is 1.03 bits per heavy atom. The second-order valence-corrected chi connectivity index (χ2v) is 8.54. The molecule has 2 aromatic rings. The van der Waals surface area contributed by atoms with Gasteiger partial charge in [0.1, 0.15) is 12.4 Å². The van der Waals surface area contributed by atoms with Crippen molar-refractivity contribution in [3.8, 4) is 17.2 Å². The van der Waals surface area contributed by atoms with Crippen LogP contribution in [0.4, 0.5) is 18.9 Å². The summed E-state index contributed by atoms with van der Waals surface area (Å²) in [5, 5.41) is 0. The highest BCUT2D eigenvalue weighted by molar-refractivity contribution is 6.05. The van der Waals surface area contributed by atoms with Crippen molar-refractivity contribution < 1.29 is 32.2 Å². The third kappa shape index (κ3) is 6.48. The number of amides is 1. The van der Waals surface area contributed by atoms with Crippen LogP contribution in [-0.4, -0.2) is 57.1 Å². The second-order valence-electron chi connectivity index (χ2n) is 8.54. The number of methoxy groups -OCH3 is 1. The van der Waals surface area contributed by atoms with E-state index in [0.717, 1.165) is 25.2 Å². The molecule has 188 valence electrons. The van der Waals surface area contributed by atoms with Crippen molar-refractivity contribution in [2.45, 2.75) is 32.0 Å². The van der Waals surface area contributed by atoms with Crippen molar-refractivity contribution in [2.75, 3.05) is 44.8 Å². The number of benzene rings is 2. The molecule has 0 atom stereocenters. The zero-order chi connectivity index (χ0) is 24.8. The molecule has 2 aliphatic heterocycles. The summed E-state index contributed by atoms with van der Waals surface area (Å²) in [5.74, 6) is 0.483. The molecule has 4 rings (SSSR count). The van der Waals surface area contributed by atoms with Crippen LogP contribution in [0, 0.1) is 0 Å². The number of carbonyl (C=O) groups is 1. The van der Waals surface area contributed by atoms with Gasteiger partial charge in [0.2, 0.25) is 0 Å². The van der Waals surface area contributed by atoms with Gasteiger partial charge in [-0.25, -0.2) is 0 Å². The molecule has 0 aliphatic carbocycles. The van der Waals surface area contributed by atoms with Crippen LogP contribution in [0.2, 0.25) is 0 Å². The van der Waals surface area contributed by atoms with Gasteiger partial charge in [-0.3, -0.25) is 9.69 Å². The Morgan fingerprint density at radius 2 is 1.80 bits per heavy atom. The minimum atomic E-state index is -4.81. The first kappa shape index (κ1) is 24.9. The van der Waals surface area contributed by atoms with E-state index in [1.807, 2.05) is 12.1 Å². The molecular formula is C26H29F3N2O4. The fourth-order valence-electron chi connectivity index (χ4n) is 4.45. The molecule has 0 N–H and O–H groups in total. The normalized spacial score (nSPS) is 16.4. The molecule has 1 amide bonds. The topological polar surface area (TPSA) is 51.2 Å². The predicted octanol–water partition coefficient (Wildman–Crippen LogP) is 5.06. The average molecular weight is 491 g/mol. The highest BCUT2D eigenvalue weighted by Gasteiger charge is 2.32. The van der Waals surface area contributed by atoms with E-state index in [-0.39, 0.29) is 17.2 Å². The lowest BCUT2D eigenvalue weighted by Gasteiger charge is -2.26. The van der Waals surface area contributed by atoms with Crippen LogP contribution in [0.15, 0.2) is 42.5 Å². The van der Waals surface area contributed by atoms with Crippen molar-refractivity contribution in [3.05, 3.63) is 53.6 Å². The number of anilines is 1. The molecule has 0 radical (unpaired) electrons. The summed E-state index contributed by atoms with van der Waals surface area (Å²) in [6.45, 7) is 3.95. The van der Waals surface area contributed by atoms with Gasteiger partial charge in [0, 0.05) is 30.8 Å². The highest BCUT2D eigenvalue weighted by atomic mass is 19.4. The van der Waals surface area contributed by atoms with Crippen molar-refractivity contribution in [1.29, 1.82) is 0 Å². The van der Waals surface area contributed by atoms with E-state index in [9.17, 15) is 18.0 Å². The molecule has 0 aromatic heterocycles. The number of piperidine rings is 1. The van der Waals surface area contributed by atoms with Gasteiger partial charge in [0.15, 0.2) is 11.5 Å². The molecule has 1 saturated heterocycles. The number of fused-ring (bicyclic) bond motifs is 1. The van der Waals surface area contributed by atoms with E-state index >= 15 is 0 Å². The molecule has 0 unspecified atom stereocenters. The van der Waals surface area contributed by atoms with Gasteiger partial charge < -0.3 is 19.1 Å². The SMILES string of the molecule is COc1cc2c(cc1OCCN1CCCCC1)N(C(=O)/C=C/c1ccccc1OC(F)(F)F)CC2. The number of halogens is 3. The van der Waals surface area contributed by atoms with Crippen molar-refractivity contribution in [2.24, 2.45) is 0 Å². The molecule has 6 nitrogen and oxygen atoms in total. The predicted molar refractivity (Wildman–Crippen MR) is 127 cm³/mol. The summed E-state index contributed by atoms with van der Waals surface area (Å²) in [4.78, 5) is 16.9. The first-order valence-corrected chi connectivity index (χ1v) is 11.7. The Balaban J connectivity index is 1.46. The Hall–Kier alpha value is -3.20. The molecule has 0 bridgehead atoms. The minimum Gasteiger partial charge on any atom is -0.493 e.